The Kier molecular flexibility index (Phi) is 6.11. The fraction of sp³-hybridized carbons (Fsp3) is 0.462. The van der Waals surface area contributed by atoms with Crippen molar-refractivity contribution in [2.24, 2.45) is 0 Å². The number of carbonyl (C=O) groups is 1. The van der Waals surface area contributed by atoms with Gasteiger partial charge in [0.15, 0.2) is 6.29 Å². The van der Waals surface area contributed by atoms with Crippen LogP contribution in [0.25, 0.3) is 0 Å². The number of nitrogens with one attached hydrogen (secondary N) is 3. The number of urea groups is 1. The van der Waals surface area contributed by atoms with Crippen molar-refractivity contribution >= 4 is 17.4 Å². The monoisotopic (exact) mass is 267 g/mol. The lowest BCUT2D eigenvalue weighted by Crippen LogP contribution is -2.33. The Balaban J connectivity index is 2.59. The molecule has 0 aliphatic rings. The Morgan fingerprint density at radius 1 is 1.11 bits per heavy atom. The second kappa shape index (κ2) is 7.60. The molecule has 6 heteroatoms. The van der Waals surface area contributed by atoms with Crippen molar-refractivity contribution in [1.29, 1.82) is 0 Å². The topological polar surface area (TPSA) is 71.6 Å². The number of anilines is 2. The van der Waals surface area contributed by atoms with Crippen LogP contribution in [0, 0.1) is 0 Å². The average molecular weight is 267 g/mol. The minimum absolute atomic E-state index is 0.00718. The SMILES string of the molecule is CNC(=O)Nc1ccc(NC(C)C(OC)OC)cc1. The van der Waals surface area contributed by atoms with Crippen LogP contribution < -0.4 is 16.0 Å². The highest BCUT2D eigenvalue weighted by Gasteiger charge is 2.15. The third-order valence-electron chi connectivity index (χ3n) is 2.64. The van der Waals surface area contributed by atoms with Crippen molar-refractivity contribution < 1.29 is 14.3 Å². The van der Waals surface area contributed by atoms with Gasteiger partial charge in [-0.25, -0.2) is 4.79 Å². The molecule has 0 bridgehead atoms. The second-order valence-electron chi connectivity index (χ2n) is 4.05. The van der Waals surface area contributed by atoms with Gasteiger partial charge in [-0.3, -0.25) is 0 Å². The first-order chi connectivity index (χ1) is 9.10. The number of amides is 2. The van der Waals surface area contributed by atoms with E-state index in [0.717, 1.165) is 11.4 Å². The molecule has 1 rings (SSSR count). The third-order valence-corrected chi connectivity index (χ3v) is 2.64. The zero-order valence-electron chi connectivity index (χ0n) is 11.7. The minimum Gasteiger partial charge on any atom is -0.377 e. The van der Waals surface area contributed by atoms with E-state index >= 15 is 0 Å². The highest BCUT2D eigenvalue weighted by atomic mass is 16.7. The molecule has 106 valence electrons. The molecular weight excluding hydrogens is 246 g/mol. The molecule has 0 aliphatic carbocycles. The smallest absolute Gasteiger partial charge is 0.318 e. The van der Waals surface area contributed by atoms with Gasteiger partial charge < -0.3 is 25.4 Å². The van der Waals surface area contributed by atoms with Crippen LogP contribution in [0.15, 0.2) is 24.3 Å². The first-order valence-corrected chi connectivity index (χ1v) is 6.01. The van der Waals surface area contributed by atoms with Crippen LogP contribution in [0.1, 0.15) is 6.92 Å². The molecule has 1 unspecified atom stereocenters. The van der Waals surface area contributed by atoms with E-state index in [1.165, 1.54) is 0 Å². The maximum Gasteiger partial charge on any atom is 0.318 e. The molecule has 0 fully saturated rings. The standard InChI is InChI=1S/C13H21N3O3/c1-9(12(18-3)19-4)15-10-5-7-11(8-6-10)16-13(17)14-2/h5-9,12,15H,1-4H3,(H2,14,16,17). The van der Waals surface area contributed by atoms with Crippen LogP contribution in [0.3, 0.4) is 0 Å². The summed E-state index contributed by atoms with van der Waals surface area (Å²) in [6.07, 6.45) is -0.316. The second-order valence-corrected chi connectivity index (χ2v) is 4.05. The molecule has 0 saturated heterocycles. The van der Waals surface area contributed by atoms with E-state index in [1.54, 1.807) is 21.3 Å². The van der Waals surface area contributed by atoms with Gasteiger partial charge in [0.2, 0.25) is 0 Å². The Bertz CT molecular complexity index is 391. The Hall–Kier alpha value is -1.79. The van der Waals surface area contributed by atoms with Gasteiger partial charge in [-0.2, -0.15) is 0 Å². The molecule has 19 heavy (non-hydrogen) atoms. The molecule has 3 N–H and O–H groups in total. The Morgan fingerprint density at radius 2 is 1.63 bits per heavy atom. The van der Waals surface area contributed by atoms with E-state index in [9.17, 15) is 4.79 Å². The van der Waals surface area contributed by atoms with Crippen LogP contribution >= 0.6 is 0 Å². The van der Waals surface area contributed by atoms with Crippen molar-refractivity contribution in [3.8, 4) is 0 Å². The third kappa shape index (κ3) is 4.76. The molecule has 1 aromatic rings. The largest absolute Gasteiger partial charge is 0.377 e. The predicted octanol–water partition coefficient (Wildman–Crippen LogP) is 1.86. The number of methoxy groups -OCH3 is 2. The van der Waals surface area contributed by atoms with Gasteiger partial charge in [-0.15, -0.1) is 0 Å². The van der Waals surface area contributed by atoms with E-state index in [-0.39, 0.29) is 18.4 Å². The average Bonchev–Trinajstić information content (AvgIpc) is 2.42. The minimum atomic E-state index is -0.316. The highest BCUT2D eigenvalue weighted by molar-refractivity contribution is 5.89. The summed E-state index contributed by atoms with van der Waals surface area (Å²) in [5.41, 5.74) is 1.65. The number of benzene rings is 1. The van der Waals surface area contributed by atoms with Gasteiger partial charge in [0.1, 0.15) is 0 Å². The van der Waals surface area contributed by atoms with Crippen molar-refractivity contribution in [2.75, 3.05) is 31.9 Å². The number of carbonyl (C=O) groups excluding carboxylic acids is 1. The highest BCUT2D eigenvalue weighted by Crippen LogP contribution is 2.15. The predicted molar refractivity (Wildman–Crippen MR) is 75.4 cm³/mol. The fourth-order valence-electron chi connectivity index (χ4n) is 1.68. The van der Waals surface area contributed by atoms with Crippen LogP contribution in [-0.4, -0.2) is 39.6 Å². The normalized spacial score (nSPS) is 12.1. The van der Waals surface area contributed by atoms with Gasteiger partial charge >= 0.3 is 6.03 Å². The lowest BCUT2D eigenvalue weighted by atomic mass is 10.2. The molecule has 0 heterocycles. The molecule has 0 spiro atoms. The van der Waals surface area contributed by atoms with Gasteiger partial charge in [-0.1, -0.05) is 0 Å². The number of ether oxygens (including phenoxy) is 2. The molecular formula is C13H21N3O3. The maximum absolute atomic E-state index is 11.1. The zero-order valence-corrected chi connectivity index (χ0v) is 11.7. The number of rotatable bonds is 6. The molecule has 0 aliphatic heterocycles. The molecule has 6 nitrogen and oxygen atoms in total. The summed E-state index contributed by atoms with van der Waals surface area (Å²) >= 11 is 0. The van der Waals surface area contributed by atoms with E-state index in [0.29, 0.717) is 0 Å². The maximum atomic E-state index is 11.1. The molecule has 0 saturated carbocycles. The quantitative estimate of drug-likeness (QED) is 0.688. The summed E-state index contributed by atoms with van der Waals surface area (Å²) in [4.78, 5) is 11.1. The first-order valence-electron chi connectivity index (χ1n) is 6.01. The Labute approximate surface area is 113 Å². The van der Waals surface area contributed by atoms with Crippen LogP contribution in [-0.2, 0) is 9.47 Å². The van der Waals surface area contributed by atoms with Crippen molar-refractivity contribution in [1.82, 2.24) is 5.32 Å². The van der Waals surface area contributed by atoms with E-state index in [1.807, 2.05) is 31.2 Å². The fourth-order valence-corrected chi connectivity index (χ4v) is 1.68. The summed E-state index contributed by atoms with van der Waals surface area (Å²) < 4.78 is 10.3. The van der Waals surface area contributed by atoms with Crippen LogP contribution in [0.4, 0.5) is 16.2 Å². The van der Waals surface area contributed by atoms with E-state index in [4.69, 9.17) is 9.47 Å². The van der Waals surface area contributed by atoms with Gasteiger partial charge in [0.25, 0.3) is 0 Å². The summed E-state index contributed by atoms with van der Waals surface area (Å²) in [6, 6.07) is 7.16. The summed E-state index contributed by atoms with van der Waals surface area (Å²) in [5, 5.41) is 8.44. The molecule has 0 aromatic heterocycles. The zero-order chi connectivity index (χ0) is 14.3. The van der Waals surface area contributed by atoms with Gasteiger partial charge in [0.05, 0.1) is 6.04 Å². The lowest BCUT2D eigenvalue weighted by molar-refractivity contribution is -0.109. The Morgan fingerprint density at radius 3 is 2.11 bits per heavy atom. The van der Waals surface area contributed by atoms with Crippen LogP contribution in [0.2, 0.25) is 0 Å². The van der Waals surface area contributed by atoms with Gasteiger partial charge in [-0.05, 0) is 31.2 Å². The summed E-state index contributed by atoms with van der Waals surface area (Å²) in [7, 11) is 4.77. The lowest BCUT2D eigenvalue weighted by Gasteiger charge is -2.23. The van der Waals surface area contributed by atoms with Crippen molar-refractivity contribution in [3.05, 3.63) is 24.3 Å². The van der Waals surface area contributed by atoms with Gasteiger partial charge in [0, 0.05) is 32.6 Å². The molecule has 1 aromatic carbocycles. The number of hydrogen-bond donors (Lipinski definition) is 3. The summed E-state index contributed by atoms with van der Waals surface area (Å²) in [6.45, 7) is 1.97. The van der Waals surface area contributed by atoms with Crippen molar-refractivity contribution in [3.63, 3.8) is 0 Å². The van der Waals surface area contributed by atoms with Crippen LogP contribution in [0.5, 0.6) is 0 Å². The molecule has 0 radical (unpaired) electrons. The van der Waals surface area contributed by atoms with Crippen molar-refractivity contribution in [2.45, 2.75) is 19.3 Å². The molecule has 1 atom stereocenters. The first kappa shape index (κ1) is 15.3. The number of hydrogen-bond acceptors (Lipinski definition) is 4. The van der Waals surface area contributed by atoms with E-state index < -0.39 is 0 Å². The summed E-state index contributed by atoms with van der Waals surface area (Å²) in [5.74, 6) is 0. The van der Waals surface area contributed by atoms with E-state index in [2.05, 4.69) is 16.0 Å². The molecule has 2 amide bonds.